The molecule has 1 saturated heterocycles. The van der Waals surface area contributed by atoms with Crippen LogP contribution in [0.2, 0.25) is 0 Å². The van der Waals surface area contributed by atoms with Gasteiger partial charge in [-0.2, -0.15) is 18.4 Å². The molecule has 0 spiro atoms. The van der Waals surface area contributed by atoms with E-state index in [0.29, 0.717) is 38.4 Å². The van der Waals surface area contributed by atoms with Crippen LogP contribution in [0.1, 0.15) is 44.9 Å². The molecule has 1 aliphatic heterocycles. The normalized spacial score (nSPS) is 22.7. The fourth-order valence-electron chi connectivity index (χ4n) is 3.61. The van der Waals surface area contributed by atoms with E-state index in [4.69, 9.17) is 0 Å². The van der Waals surface area contributed by atoms with Gasteiger partial charge in [0.2, 0.25) is 5.91 Å². The number of carbonyl (C=O) groups is 1. The van der Waals surface area contributed by atoms with E-state index in [1.165, 1.54) is 4.90 Å². The van der Waals surface area contributed by atoms with Crippen LogP contribution in [0.4, 0.5) is 13.2 Å². The molecule has 4 nitrogen and oxygen atoms in total. The van der Waals surface area contributed by atoms with Gasteiger partial charge in [-0.3, -0.25) is 9.69 Å². The third-order valence-electron chi connectivity index (χ3n) is 5.05. The van der Waals surface area contributed by atoms with Crippen molar-refractivity contribution in [3.05, 3.63) is 0 Å². The molecule has 1 N–H and O–H groups in total. The molecule has 0 bridgehead atoms. The molecule has 0 aromatic rings. The third kappa shape index (κ3) is 5.10. The molecule has 2 fully saturated rings. The monoisotopic (exact) mass is 331 g/mol. The highest BCUT2D eigenvalue weighted by Crippen LogP contribution is 2.37. The lowest BCUT2D eigenvalue weighted by Gasteiger charge is -2.32. The molecule has 2 rings (SSSR count). The molecule has 130 valence electrons. The van der Waals surface area contributed by atoms with E-state index >= 15 is 0 Å². The average Bonchev–Trinajstić information content (AvgIpc) is 2.97. The van der Waals surface area contributed by atoms with Gasteiger partial charge in [-0.25, -0.2) is 0 Å². The van der Waals surface area contributed by atoms with Crippen molar-refractivity contribution in [1.82, 2.24) is 10.2 Å². The zero-order valence-corrected chi connectivity index (χ0v) is 13.3. The Labute approximate surface area is 135 Å². The van der Waals surface area contributed by atoms with Gasteiger partial charge in [-0.05, 0) is 51.1 Å². The fraction of sp³-hybridized carbons (Fsp3) is 0.875. The van der Waals surface area contributed by atoms with Gasteiger partial charge in [-0.15, -0.1) is 0 Å². The Morgan fingerprint density at radius 1 is 1.26 bits per heavy atom. The number of nitrogens with zero attached hydrogens (tertiary/aromatic N) is 2. The van der Waals surface area contributed by atoms with E-state index in [2.05, 4.69) is 11.4 Å². The van der Waals surface area contributed by atoms with Crippen LogP contribution in [0, 0.1) is 22.7 Å². The second-order valence-electron chi connectivity index (χ2n) is 6.78. The van der Waals surface area contributed by atoms with Crippen LogP contribution < -0.4 is 5.32 Å². The van der Waals surface area contributed by atoms with Crippen molar-refractivity contribution in [2.45, 2.75) is 51.1 Å². The molecule has 0 aromatic heterocycles. The number of alkyl halides is 3. The minimum Gasteiger partial charge on any atom is -0.355 e. The molecule has 1 saturated carbocycles. The summed E-state index contributed by atoms with van der Waals surface area (Å²) in [7, 11) is 0. The van der Waals surface area contributed by atoms with Gasteiger partial charge in [0.05, 0.1) is 12.6 Å². The molecule has 1 amide bonds. The van der Waals surface area contributed by atoms with Crippen molar-refractivity contribution in [2.75, 3.05) is 26.2 Å². The van der Waals surface area contributed by atoms with Gasteiger partial charge in [-0.1, -0.05) is 12.8 Å². The van der Waals surface area contributed by atoms with Gasteiger partial charge in [0.1, 0.15) is 5.41 Å². The summed E-state index contributed by atoms with van der Waals surface area (Å²) in [6.45, 7) is 0.591. The Bertz CT molecular complexity index is 444. The lowest BCUT2D eigenvalue weighted by Crippen LogP contribution is -2.41. The second-order valence-corrected chi connectivity index (χ2v) is 6.78. The van der Waals surface area contributed by atoms with Crippen LogP contribution in [-0.2, 0) is 4.79 Å². The lowest BCUT2D eigenvalue weighted by atomic mass is 9.87. The lowest BCUT2D eigenvalue weighted by molar-refractivity contribution is -0.148. The first kappa shape index (κ1) is 18.1. The summed E-state index contributed by atoms with van der Waals surface area (Å²) in [6.07, 6.45) is 1.19. The Kier molecular flexibility index (Phi) is 5.90. The van der Waals surface area contributed by atoms with E-state index < -0.39 is 18.1 Å². The predicted molar refractivity (Wildman–Crippen MR) is 79.4 cm³/mol. The zero-order chi connectivity index (χ0) is 16.9. The van der Waals surface area contributed by atoms with Crippen LogP contribution >= 0.6 is 0 Å². The maximum Gasteiger partial charge on any atom is 0.401 e. The number of amides is 1. The number of hydrogen-bond donors (Lipinski definition) is 1. The van der Waals surface area contributed by atoms with Crippen molar-refractivity contribution >= 4 is 5.91 Å². The summed E-state index contributed by atoms with van der Waals surface area (Å²) in [6, 6.07) is 2.17. The number of piperidine rings is 1. The van der Waals surface area contributed by atoms with E-state index in [1.807, 2.05) is 0 Å². The molecule has 0 unspecified atom stereocenters. The number of hydrogen-bond acceptors (Lipinski definition) is 3. The summed E-state index contributed by atoms with van der Waals surface area (Å²) < 4.78 is 37.0. The van der Waals surface area contributed by atoms with E-state index in [-0.39, 0.29) is 5.91 Å². The van der Waals surface area contributed by atoms with E-state index in [0.717, 1.165) is 32.1 Å². The van der Waals surface area contributed by atoms with Crippen molar-refractivity contribution in [3.8, 4) is 6.07 Å². The molecule has 7 heteroatoms. The van der Waals surface area contributed by atoms with E-state index in [9.17, 15) is 23.2 Å². The SMILES string of the molecule is N#CC1(C(=O)NCCC2CCN(CC(F)(F)F)CC2)CCCC1. The smallest absolute Gasteiger partial charge is 0.355 e. The maximum atomic E-state index is 12.3. The Morgan fingerprint density at radius 2 is 1.87 bits per heavy atom. The first-order valence-electron chi connectivity index (χ1n) is 8.33. The minimum absolute atomic E-state index is 0.174. The number of likely N-dealkylation sites (tertiary alicyclic amines) is 1. The summed E-state index contributed by atoms with van der Waals surface area (Å²) in [5.41, 5.74) is -0.851. The van der Waals surface area contributed by atoms with Gasteiger partial charge >= 0.3 is 6.18 Å². The number of nitrogens with one attached hydrogen (secondary N) is 1. The Hall–Kier alpha value is -1.29. The van der Waals surface area contributed by atoms with Crippen molar-refractivity contribution < 1.29 is 18.0 Å². The molecular weight excluding hydrogens is 307 g/mol. The standard InChI is InChI=1S/C16H24F3N3O/c17-16(18,19)12-22-9-4-13(5-10-22)3-8-21-14(23)15(11-20)6-1-2-7-15/h13H,1-10,12H2,(H,21,23). The molecular formula is C16H24F3N3O. The summed E-state index contributed by atoms with van der Waals surface area (Å²) in [5.74, 6) is 0.174. The zero-order valence-electron chi connectivity index (χ0n) is 13.3. The van der Waals surface area contributed by atoms with Crippen LogP contribution in [0.15, 0.2) is 0 Å². The summed E-state index contributed by atoms with van der Waals surface area (Å²) >= 11 is 0. The Balaban J connectivity index is 1.66. The molecule has 0 radical (unpaired) electrons. The summed E-state index contributed by atoms with van der Waals surface area (Å²) in [4.78, 5) is 13.6. The topological polar surface area (TPSA) is 56.1 Å². The highest BCUT2D eigenvalue weighted by molar-refractivity contribution is 5.85. The second kappa shape index (κ2) is 7.52. The van der Waals surface area contributed by atoms with Crippen LogP contribution in [0.25, 0.3) is 0 Å². The van der Waals surface area contributed by atoms with Crippen molar-refractivity contribution in [3.63, 3.8) is 0 Å². The van der Waals surface area contributed by atoms with Gasteiger partial charge in [0.15, 0.2) is 0 Å². The predicted octanol–water partition coefficient (Wildman–Crippen LogP) is 2.85. The van der Waals surface area contributed by atoms with E-state index in [1.54, 1.807) is 0 Å². The van der Waals surface area contributed by atoms with Gasteiger partial charge in [0.25, 0.3) is 0 Å². The minimum atomic E-state index is -4.13. The molecule has 0 atom stereocenters. The molecule has 1 heterocycles. The molecule has 2 aliphatic rings. The van der Waals surface area contributed by atoms with Crippen LogP contribution in [0.3, 0.4) is 0 Å². The maximum absolute atomic E-state index is 12.3. The molecule has 23 heavy (non-hydrogen) atoms. The van der Waals surface area contributed by atoms with Crippen LogP contribution in [-0.4, -0.2) is 43.2 Å². The number of halogens is 3. The van der Waals surface area contributed by atoms with Crippen molar-refractivity contribution in [2.24, 2.45) is 11.3 Å². The number of carbonyl (C=O) groups excluding carboxylic acids is 1. The Morgan fingerprint density at radius 3 is 2.39 bits per heavy atom. The first-order valence-corrected chi connectivity index (χ1v) is 8.33. The number of rotatable bonds is 5. The average molecular weight is 331 g/mol. The quantitative estimate of drug-likeness (QED) is 0.843. The molecule has 0 aromatic carbocycles. The molecule has 1 aliphatic carbocycles. The first-order chi connectivity index (χ1) is 10.8. The summed E-state index contributed by atoms with van der Waals surface area (Å²) in [5, 5.41) is 12.1. The van der Waals surface area contributed by atoms with Crippen molar-refractivity contribution in [1.29, 1.82) is 5.26 Å². The number of nitriles is 1. The van der Waals surface area contributed by atoms with Gasteiger partial charge < -0.3 is 5.32 Å². The highest BCUT2D eigenvalue weighted by Gasteiger charge is 2.41. The third-order valence-corrected chi connectivity index (χ3v) is 5.05. The largest absolute Gasteiger partial charge is 0.401 e. The highest BCUT2D eigenvalue weighted by atomic mass is 19.4. The van der Waals surface area contributed by atoms with Gasteiger partial charge in [0, 0.05) is 6.54 Å². The fourth-order valence-corrected chi connectivity index (χ4v) is 3.61. The van der Waals surface area contributed by atoms with Crippen LogP contribution in [0.5, 0.6) is 0 Å².